The van der Waals surface area contributed by atoms with E-state index in [1.54, 1.807) is 12.1 Å². The van der Waals surface area contributed by atoms with Gasteiger partial charge in [0.15, 0.2) is 5.65 Å². The molecule has 4 aromatic heterocycles. The van der Waals surface area contributed by atoms with Gasteiger partial charge in [0.25, 0.3) is 5.91 Å². The van der Waals surface area contributed by atoms with Crippen molar-refractivity contribution in [3.05, 3.63) is 84.1 Å². The number of aromatic amines is 1. The van der Waals surface area contributed by atoms with Crippen molar-refractivity contribution >= 4 is 34.3 Å². The number of aromatic nitrogens is 6. The van der Waals surface area contributed by atoms with E-state index >= 15 is 0 Å². The number of benzene rings is 1. The second-order valence-electron chi connectivity index (χ2n) is 7.86. The first-order chi connectivity index (χ1) is 17.7. The van der Waals surface area contributed by atoms with Crippen molar-refractivity contribution in [3.63, 3.8) is 0 Å². The molecular weight excluding hydrogens is 492 g/mol. The van der Waals surface area contributed by atoms with Crippen LogP contribution in [0, 0.1) is 12.7 Å². The topological polar surface area (TPSA) is 121 Å². The number of pyridine rings is 2. The van der Waals surface area contributed by atoms with Gasteiger partial charge in [0, 0.05) is 34.9 Å². The maximum Gasteiger partial charge on any atom is 0.416 e. The van der Waals surface area contributed by atoms with Crippen molar-refractivity contribution in [2.75, 3.05) is 10.6 Å². The van der Waals surface area contributed by atoms with Crippen LogP contribution in [-0.4, -0.2) is 35.8 Å². The number of fused-ring (bicyclic) bond motifs is 1. The molecule has 5 aromatic rings. The quantitative estimate of drug-likeness (QED) is 0.277. The minimum Gasteiger partial charge on any atom is -0.339 e. The van der Waals surface area contributed by atoms with Crippen LogP contribution in [0.4, 0.5) is 34.8 Å². The predicted molar refractivity (Wildman–Crippen MR) is 127 cm³/mol. The van der Waals surface area contributed by atoms with E-state index in [2.05, 4.69) is 40.5 Å². The Bertz CT molecular complexity index is 1630. The number of anilines is 3. The summed E-state index contributed by atoms with van der Waals surface area (Å²) in [5.41, 5.74) is 1.08. The molecular formula is C24H16F4N8O. The highest BCUT2D eigenvalue weighted by Crippen LogP contribution is 2.33. The third kappa shape index (κ3) is 4.78. The molecule has 0 atom stereocenters. The molecule has 5 rings (SSSR count). The third-order valence-electron chi connectivity index (χ3n) is 5.46. The first-order valence-corrected chi connectivity index (χ1v) is 10.7. The van der Waals surface area contributed by atoms with Crippen molar-refractivity contribution in [2.24, 2.45) is 0 Å². The SMILES string of the molecule is Cc1c(F)cc(NC(=O)c2cc(C(F)(F)F)ccn2)cc1Nc1ncccc1-c1ncnc2[nH]cnc12. The summed E-state index contributed by atoms with van der Waals surface area (Å²) in [6, 6.07) is 7.32. The van der Waals surface area contributed by atoms with Gasteiger partial charge in [-0.2, -0.15) is 13.2 Å². The van der Waals surface area contributed by atoms with Gasteiger partial charge >= 0.3 is 6.18 Å². The standard InChI is InChI=1S/C24H16F4N8O/c1-12-16(25)8-14(35-23(37)18-7-13(4-6-29-18)24(26,27)28)9-17(12)36-21-15(3-2-5-30-21)19-20-22(33-10-31-19)34-11-32-20/h2-11H,1H3,(H,30,36)(H,35,37)(H,31,32,33,34). The van der Waals surface area contributed by atoms with Crippen LogP contribution in [0.5, 0.6) is 0 Å². The van der Waals surface area contributed by atoms with Crippen molar-refractivity contribution in [2.45, 2.75) is 13.1 Å². The Morgan fingerprint density at radius 1 is 1.00 bits per heavy atom. The van der Waals surface area contributed by atoms with Gasteiger partial charge < -0.3 is 15.6 Å². The highest BCUT2D eigenvalue weighted by Gasteiger charge is 2.31. The van der Waals surface area contributed by atoms with Crippen molar-refractivity contribution in [3.8, 4) is 11.3 Å². The van der Waals surface area contributed by atoms with Crippen LogP contribution < -0.4 is 10.6 Å². The average molecular weight is 508 g/mol. The van der Waals surface area contributed by atoms with Gasteiger partial charge in [0.1, 0.15) is 34.9 Å². The van der Waals surface area contributed by atoms with Crippen LogP contribution in [0.1, 0.15) is 21.6 Å². The zero-order valence-corrected chi connectivity index (χ0v) is 18.9. The Morgan fingerprint density at radius 2 is 1.84 bits per heavy atom. The van der Waals surface area contributed by atoms with Crippen LogP contribution >= 0.6 is 0 Å². The van der Waals surface area contributed by atoms with Crippen molar-refractivity contribution in [1.29, 1.82) is 0 Å². The number of alkyl halides is 3. The average Bonchev–Trinajstić information content (AvgIpc) is 3.36. The Morgan fingerprint density at radius 3 is 2.65 bits per heavy atom. The number of carbonyl (C=O) groups is 1. The summed E-state index contributed by atoms with van der Waals surface area (Å²) in [5.74, 6) is -1.26. The third-order valence-corrected chi connectivity index (χ3v) is 5.46. The minimum absolute atomic E-state index is 0.00372. The van der Waals surface area contributed by atoms with Gasteiger partial charge in [-0.15, -0.1) is 0 Å². The Kier molecular flexibility index (Phi) is 5.95. The van der Waals surface area contributed by atoms with Gasteiger partial charge in [-0.3, -0.25) is 9.78 Å². The lowest BCUT2D eigenvalue weighted by atomic mass is 10.1. The molecule has 1 aromatic carbocycles. The number of H-pyrrole nitrogens is 1. The summed E-state index contributed by atoms with van der Waals surface area (Å²) in [5, 5.41) is 5.45. The molecule has 0 aliphatic carbocycles. The number of hydrogen-bond acceptors (Lipinski definition) is 7. The molecule has 4 heterocycles. The summed E-state index contributed by atoms with van der Waals surface area (Å²) < 4.78 is 53.8. The maximum absolute atomic E-state index is 14.8. The van der Waals surface area contributed by atoms with E-state index in [0.717, 1.165) is 18.3 Å². The summed E-state index contributed by atoms with van der Waals surface area (Å²) >= 11 is 0. The summed E-state index contributed by atoms with van der Waals surface area (Å²) in [6.07, 6.45) is 0.626. The zero-order chi connectivity index (χ0) is 26.2. The van der Waals surface area contributed by atoms with E-state index < -0.39 is 29.2 Å². The van der Waals surface area contributed by atoms with Crippen LogP contribution in [0.25, 0.3) is 22.4 Å². The van der Waals surface area contributed by atoms with E-state index in [0.29, 0.717) is 34.3 Å². The van der Waals surface area contributed by atoms with Crippen molar-refractivity contribution < 1.29 is 22.4 Å². The first-order valence-electron chi connectivity index (χ1n) is 10.7. The van der Waals surface area contributed by atoms with Gasteiger partial charge in [-0.1, -0.05) is 0 Å². The lowest BCUT2D eigenvalue weighted by Gasteiger charge is -2.15. The zero-order valence-electron chi connectivity index (χ0n) is 18.9. The van der Waals surface area contributed by atoms with Gasteiger partial charge in [-0.25, -0.2) is 24.3 Å². The normalized spacial score (nSPS) is 11.5. The fourth-order valence-electron chi connectivity index (χ4n) is 3.59. The monoisotopic (exact) mass is 508 g/mol. The number of nitrogens with zero attached hydrogens (tertiary/aromatic N) is 5. The molecule has 0 aliphatic heterocycles. The summed E-state index contributed by atoms with van der Waals surface area (Å²) in [7, 11) is 0. The Labute approximate surface area is 206 Å². The van der Waals surface area contributed by atoms with E-state index in [1.165, 1.54) is 31.8 Å². The van der Waals surface area contributed by atoms with Gasteiger partial charge in [0.05, 0.1) is 11.9 Å². The predicted octanol–water partition coefficient (Wildman–Crippen LogP) is 5.27. The molecule has 1 amide bonds. The Hall–Kier alpha value is -4.94. The van der Waals surface area contributed by atoms with E-state index in [4.69, 9.17) is 0 Å². The fraction of sp³-hybridized carbons (Fsp3) is 0.0833. The number of amides is 1. The first kappa shape index (κ1) is 23.8. The number of imidazole rings is 1. The molecule has 0 radical (unpaired) electrons. The number of rotatable bonds is 5. The summed E-state index contributed by atoms with van der Waals surface area (Å²) in [4.78, 5) is 36.2. The largest absolute Gasteiger partial charge is 0.416 e. The number of hydrogen-bond donors (Lipinski definition) is 3. The molecule has 3 N–H and O–H groups in total. The number of halogens is 4. The molecule has 37 heavy (non-hydrogen) atoms. The smallest absolute Gasteiger partial charge is 0.339 e. The second-order valence-corrected chi connectivity index (χ2v) is 7.86. The number of nitrogens with one attached hydrogen (secondary N) is 3. The molecule has 0 bridgehead atoms. The molecule has 186 valence electrons. The van der Waals surface area contributed by atoms with E-state index in [1.807, 2.05) is 0 Å². The molecule has 0 unspecified atom stereocenters. The second kappa shape index (κ2) is 9.26. The molecule has 0 spiro atoms. The molecule has 0 aliphatic rings. The highest BCUT2D eigenvalue weighted by molar-refractivity contribution is 6.03. The molecule has 0 saturated carbocycles. The molecule has 0 fully saturated rings. The summed E-state index contributed by atoms with van der Waals surface area (Å²) in [6.45, 7) is 1.52. The minimum atomic E-state index is -4.64. The lowest BCUT2D eigenvalue weighted by molar-refractivity contribution is -0.137. The van der Waals surface area contributed by atoms with Gasteiger partial charge in [0.2, 0.25) is 0 Å². The van der Waals surface area contributed by atoms with Crippen LogP contribution in [0.15, 0.2) is 61.4 Å². The van der Waals surface area contributed by atoms with Crippen LogP contribution in [0.3, 0.4) is 0 Å². The molecule has 13 heteroatoms. The lowest BCUT2D eigenvalue weighted by Crippen LogP contribution is -2.16. The molecule has 0 saturated heterocycles. The maximum atomic E-state index is 14.8. The molecule has 9 nitrogen and oxygen atoms in total. The van der Waals surface area contributed by atoms with Crippen LogP contribution in [0.2, 0.25) is 0 Å². The van der Waals surface area contributed by atoms with E-state index in [9.17, 15) is 22.4 Å². The number of carbonyl (C=O) groups excluding carboxylic acids is 1. The van der Waals surface area contributed by atoms with Crippen LogP contribution in [-0.2, 0) is 6.18 Å². The van der Waals surface area contributed by atoms with Crippen molar-refractivity contribution in [1.82, 2.24) is 29.9 Å². The fourth-order valence-corrected chi connectivity index (χ4v) is 3.59. The van der Waals surface area contributed by atoms with Gasteiger partial charge in [-0.05, 0) is 43.3 Å². The Balaban J connectivity index is 1.47. The highest BCUT2D eigenvalue weighted by atomic mass is 19.4. The van der Waals surface area contributed by atoms with E-state index in [-0.39, 0.29) is 16.9 Å².